The normalized spacial score (nSPS) is 15.8. The molecule has 4 rings (SSSR count). The molecule has 2 amide bonds. The predicted octanol–water partition coefficient (Wildman–Crippen LogP) is 3.74. The van der Waals surface area contributed by atoms with E-state index in [1.54, 1.807) is 12.4 Å². The van der Waals surface area contributed by atoms with E-state index < -0.39 is 0 Å². The van der Waals surface area contributed by atoms with Gasteiger partial charge in [-0.15, -0.1) is 0 Å². The van der Waals surface area contributed by atoms with Crippen molar-refractivity contribution in [1.29, 1.82) is 0 Å². The highest BCUT2D eigenvalue weighted by molar-refractivity contribution is 5.89. The van der Waals surface area contributed by atoms with Gasteiger partial charge in [0.05, 0.1) is 6.04 Å². The van der Waals surface area contributed by atoms with Gasteiger partial charge in [0.1, 0.15) is 0 Å². The van der Waals surface area contributed by atoms with Crippen LogP contribution in [-0.4, -0.2) is 21.0 Å². The third-order valence-corrected chi connectivity index (χ3v) is 4.44. The second-order valence-corrected chi connectivity index (χ2v) is 6.25. The minimum absolute atomic E-state index is 0.0783. The van der Waals surface area contributed by atoms with Crippen molar-refractivity contribution in [2.45, 2.75) is 25.3 Å². The number of carbonyl (C=O) groups is 1. The third-order valence-electron chi connectivity index (χ3n) is 4.44. The number of carbonyl (C=O) groups excluding carboxylic acids is 1. The van der Waals surface area contributed by atoms with Crippen LogP contribution in [0.4, 0.5) is 10.5 Å². The Morgan fingerprint density at radius 1 is 1.08 bits per heavy atom. The molecule has 130 valence electrons. The van der Waals surface area contributed by atoms with Gasteiger partial charge in [0.2, 0.25) is 0 Å². The molecule has 1 unspecified atom stereocenters. The number of hydrogen-bond donors (Lipinski definition) is 2. The molecule has 0 saturated heterocycles. The number of aromatic nitrogens is 3. The fourth-order valence-electron chi connectivity index (χ4n) is 3.18. The first-order chi connectivity index (χ1) is 12.8. The van der Waals surface area contributed by atoms with E-state index >= 15 is 0 Å². The van der Waals surface area contributed by atoms with Gasteiger partial charge in [0.25, 0.3) is 0 Å². The Morgan fingerprint density at radius 2 is 1.96 bits per heavy atom. The van der Waals surface area contributed by atoms with Gasteiger partial charge in [0.15, 0.2) is 5.82 Å². The predicted molar refractivity (Wildman–Crippen MR) is 99.5 cm³/mol. The fraction of sp³-hybridized carbons (Fsp3) is 0.200. The minimum Gasteiger partial charge on any atom is -0.331 e. The molecule has 3 aromatic rings. The maximum atomic E-state index is 12.3. The van der Waals surface area contributed by atoms with Gasteiger partial charge in [0, 0.05) is 41.1 Å². The number of hydrogen-bond acceptors (Lipinski definition) is 4. The van der Waals surface area contributed by atoms with Crippen molar-refractivity contribution in [2.75, 3.05) is 5.32 Å². The molecule has 0 saturated carbocycles. The Kier molecular flexibility index (Phi) is 4.55. The van der Waals surface area contributed by atoms with Crippen LogP contribution in [0.1, 0.15) is 30.1 Å². The summed E-state index contributed by atoms with van der Waals surface area (Å²) in [7, 11) is 0. The van der Waals surface area contributed by atoms with E-state index in [2.05, 4.69) is 20.6 Å². The van der Waals surface area contributed by atoms with Crippen molar-refractivity contribution in [3.8, 4) is 11.4 Å². The molecule has 1 aromatic carbocycles. The van der Waals surface area contributed by atoms with Gasteiger partial charge in [-0.25, -0.2) is 14.8 Å². The van der Waals surface area contributed by atoms with E-state index in [1.807, 2.05) is 48.7 Å². The quantitative estimate of drug-likeness (QED) is 0.758. The van der Waals surface area contributed by atoms with Crippen molar-refractivity contribution in [3.05, 3.63) is 72.3 Å². The average molecular weight is 345 g/mol. The molecular formula is C20H19N5O. The van der Waals surface area contributed by atoms with E-state index in [1.165, 1.54) is 0 Å². The Bertz CT molecular complexity index is 899. The van der Waals surface area contributed by atoms with Gasteiger partial charge in [-0.2, -0.15) is 0 Å². The lowest BCUT2D eigenvalue weighted by atomic mass is 9.92. The zero-order valence-corrected chi connectivity index (χ0v) is 14.2. The number of rotatable bonds is 3. The van der Waals surface area contributed by atoms with Crippen LogP contribution in [0.25, 0.3) is 11.4 Å². The summed E-state index contributed by atoms with van der Waals surface area (Å²) in [6.07, 6.45) is 8.07. The first-order valence-corrected chi connectivity index (χ1v) is 8.68. The van der Waals surface area contributed by atoms with Gasteiger partial charge in [-0.3, -0.25) is 4.98 Å². The Balaban J connectivity index is 1.51. The first kappa shape index (κ1) is 16.2. The summed E-state index contributed by atoms with van der Waals surface area (Å²) < 4.78 is 0. The van der Waals surface area contributed by atoms with E-state index in [0.717, 1.165) is 41.8 Å². The van der Waals surface area contributed by atoms with Gasteiger partial charge < -0.3 is 10.6 Å². The summed E-state index contributed by atoms with van der Waals surface area (Å²) in [5.74, 6) is 0.672. The number of pyridine rings is 1. The number of fused-ring (bicyclic) bond motifs is 1. The summed E-state index contributed by atoms with van der Waals surface area (Å²) in [5, 5.41) is 5.90. The molecule has 0 bridgehead atoms. The molecular weight excluding hydrogens is 326 g/mol. The largest absolute Gasteiger partial charge is 0.331 e. The number of nitrogens with zero attached hydrogens (tertiary/aromatic N) is 3. The monoisotopic (exact) mass is 345 g/mol. The van der Waals surface area contributed by atoms with Crippen LogP contribution >= 0.6 is 0 Å². The number of para-hydroxylation sites is 1. The molecule has 6 heteroatoms. The Labute approximate surface area is 151 Å². The van der Waals surface area contributed by atoms with Crippen LogP contribution in [0.5, 0.6) is 0 Å². The lowest BCUT2D eigenvalue weighted by molar-refractivity contribution is 0.247. The van der Waals surface area contributed by atoms with Crippen LogP contribution in [0, 0.1) is 0 Å². The molecule has 0 spiro atoms. The summed E-state index contributed by atoms with van der Waals surface area (Å²) in [6, 6.07) is 12.9. The van der Waals surface area contributed by atoms with Gasteiger partial charge in [-0.05, 0) is 43.5 Å². The summed E-state index contributed by atoms with van der Waals surface area (Å²) in [6.45, 7) is 0. The third kappa shape index (κ3) is 3.54. The zero-order chi connectivity index (χ0) is 17.8. The van der Waals surface area contributed by atoms with Gasteiger partial charge >= 0.3 is 6.03 Å². The highest BCUT2D eigenvalue weighted by atomic mass is 16.2. The number of benzene rings is 1. The maximum absolute atomic E-state index is 12.3. The van der Waals surface area contributed by atoms with Gasteiger partial charge in [-0.1, -0.05) is 18.2 Å². The van der Waals surface area contributed by atoms with Crippen LogP contribution < -0.4 is 10.6 Å². The van der Waals surface area contributed by atoms with Crippen molar-refractivity contribution in [3.63, 3.8) is 0 Å². The van der Waals surface area contributed by atoms with Crippen LogP contribution in [0.2, 0.25) is 0 Å². The van der Waals surface area contributed by atoms with Crippen molar-refractivity contribution >= 4 is 11.7 Å². The summed E-state index contributed by atoms with van der Waals surface area (Å²) in [5.41, 5.74) is 3.65. The van der Waals surface area contributed by atoms with E-state index in [0.29, 0.717) is 5.82 Å². The Morgan fingerprint density at radius 3 is 2.77 bits per heavy atom. The van der Waals surface area contributed by atoms with Crippen LogP contribution in [0.3, 0.4) is 0 Å². The number of anilines is 1. The van der Waals surface area contributed by atoms with E-state index in [4.69, 9.17) is 4.98 Å². The van der Waals surface area contributed by atoms with E-state index in [9.17, 15) is 4.79 Å². The first-order valence-electron chi connectivity index (χ1n) is 8.68. The number of aryl methyl sites for hydroxylation is 1. The molecule has 0 fully saturated rings. The molecule has 1 atom stereocenters. The highest BCUT2D eigenvalue weighted by Crippen LogP contribution is 2.29. The molecule has 26 heavy (non-hydrogen) atoms. The summed E-state index contributed by atoms with van der Waals surface area (Å²) >= 11 is 0. The molecule has 0 aliphatic heterocycles. The number of amides is 2. The van der Waals surface area contributed by atoms with Crippen molar-refractivity contribution in [2.24, 2.45) is 0 Å². The molecule has 2 heterocycles. The second-order valence-electron chi connectivity index (χ2n) is 6.25. The highest BCUT2D eigenvalue weighted by Gasteiger charge is 2.24. The molecule has 6 nitrogen and oxygen atoms in total. The molecule has 2 aromatic heterocycles. The van der Waals surface area contributed by atoms with Crippen LogP contribution in [-0.2, 0) is 6.42 Å². The summed E-state index contributed by atoms with van der Waals surface area (Å²) in [4.78, 5) is 25.6. The molecule has 1 aliphatic rings. The standard InChI is InChI=1S/C20H19N5O/c26-20(23-15-7-2-1-3-8-15)25-18-10-4-9-17-16(18)13-22-19(24-17)14-6-5-11-21-12-14/h1-3,5-8,11-13,18H,4,9-10H2,(H2,23,25,26). The molecule has 1 aliphatic carbocycles. The average Bonchev–Trinajstić information content (AvgIpc) is 2.69. The number of nitrogens with one attached hydrogen (secondary N) is 2. The topological polar surface area (TPSA) is 79.8 Å². The van der Waals surface area contributed by atoms with E-state index in [-0.39, 0.29) is 12.1 Å². The number of urea groups is 1. The maximum Gasteiger partial charge on any atom is 0.319 e. The smallest absolute Gasteiger partial charge is 0.319 e. The molecule has 0 radical (unpaired) electrons. The molecule has 2 N–H and O–H groups in total. The van der Waals surface area contributed by atoms with Crippen molar-refractivity contribution < 1.29 is 4.79 Å². The second kappa shape index (κ2) is 7.31. The fourth-order valence-corrected chi connectivity index (χ4v) is 3.18. The zero-order valence-electron chi connectivity index (χ0n) is 14.2. The van der Waals surface area contributed by atoms with Crippen molar-refractivity contribution in [1.82, 2.24) is 20.3 Å². The lowest BCUT2D eigenvalue weighted by Crippen LogP contribution is -2.34. The Hall–Kier alpha value is -3.28. The lowest BCUT2D eigenvalue weighted by Gasteiger charge is -2.25. The minimum atomic E-state index is -0.217. The SMILES string of the molecule is O=C(Nc1ccccc1)NC1CCCc2nc(-c3cccnc3)ncc21. The van der Waals surface area contributed by atoms with Crippen LogP contribution in [0.15, 0.2) is 61.1 Å².